The van der Waals surface area contributed by atoms with E-state index in [1.54, 1.807) is 0 Å². The number of halogens is 1. The fraction of sp³-hybridized carbons (Fsp3) is 0.625. The monoisotopic (exact) mass is 339 g/mol. The quantitative estimate of drug-likeness (QED) is 0.603. The maximum atomic E-state index is 13.8. The molecule has 1 aromatic carbocycles. The number of anilines is 1. The smallest absolute Gasteiger partial charge is 0.295 e. The first-order valence-corrected chi connectivity index (χ1v) is 8.15. The molecule has 1 atom stereocenters. The van der Waals surface area contributed by atoms with E-state index in [-0.39, 0.29) is 11.4 Å². The molecule has 2 fully saturated rings. The van der Waals surface area contributed by atoms with E-state index in [4.69, 9.17) is 9.47 Å². The first-order valence-electron chi connectivity index (χ1n) is 8.15. The van der Waals surface area contributed by atoms with E-state index in [1.807, 2.05) is 4.90 Å². The molecule has 2 saturated heterocycles. The molecule has 132 valence electrons. The molecule has 0 saturated carbocycles. The summed E-state index contributed by atoms with van der Waals surface area (Å²) >= 11 is 0. The Morgan fingerprint density at radius 3 is 2.71 bits per heavy atom. The second-order valence-electron chi connectivity index (χ2n) is 6.25. The molecule has 7 nitrogen and oxygen atoms in total. The van der Waals surface area contributed by atoms with Gasteiger partial charge in [-0.15, -0.1) is 0 Å². The van der Waals surface area contributed by atoms with Crippen molar-refractivity contribution >= 4 is 11.4 Å². The summed E-state index contributed by atoms with van der Waals surface area (Å²) in [5, 5.41) is 11.3. The maximum Gasteiger partial charge on any atom is 0.295 e. The zero-order valence-electron chi connectivity index (χ0n) is 13.7. The number of rotatable bonds is 5. The van der Waals surface area contributed by atoms with Crippen molar-refractivity contribution in [2.75, 3.05) is 57.9 Å². The van der Waals surface area contributed by atoms with Crippen molar-refractivity contribution in [2.45, 2.75) is 6.42 Å². The molecule has 2 heterocycles. The highest BCUT2D eigenvalue weighted by Crippen LogP contribution is 2.35. The Morgan fingerprint density at radius 2 is 2.12 bits per heavy atom. The molecule has 0 aromatic heterocycles. The highest BCUT2D eigenvalue weighted by atomic mass is 19.1. The number of hydrogen-bond acceptors (Lipinski definition) is 6. The molecule has 2 aliphatic rings. The van der Waals surface area contributed by atoms with Crippen LogP contribution in [0.3, 0.4) is 0 Å². The van der Waals surface area contributed by atoms with Gasteiger partial charge in [0.2, 0.25) is 0 Å². The number of nitro benzene ring substituents is 1. The van der Waals surface area contributed by atoms with Gasteiger partial charge in [-0.1, -0.05) is 0 Å². The lowest BCUT2D eigenvalue weighted by Gasteiger charge is -2.36. The highest BCUT2D eigenvalue weighted by molar-refractivity contribution is 5.66. The van der Waals surface area contributed by atoms with Crippen LogP contribution in [-0.2, 0) is 4.74 Å². The molecule has 0 aliphatic carbocycles. The van der Waals surface area contributed by atoms with E-state index in [2.05, 4.69) is 4.90 Å². The van der Waals surface area contributed by atoms with Gasteiger partial charge >= 0.3 is 0 Å². The Kier molecular flexibility index (Phi) is 5.15. The molecular formula is C16H22FN3O4. The molecule has 0 amide bonds. The highest BCUT2D eigenvalue weighted by Gasteiger charge is 2.27. The van der Waals surface area contributed by atoms with Gasteiger partial charge in [-0.2, -0.15) is 0 Å². The van der Waals surface area contributed by atoms with Crippen LogP contribution in [0, 0.1) is 21.8 Å². The number of nitro groups is 1. The van der Waals surface area contributed by atoms with Crippen molar-refractivity contribution in [3.63, 3.8) is 0 Å². The molecule has 8 heteroatoms. The lowest BCUT2D eigenvalue weighted by atomic mass is 10.1. The maximum absolute atomic E-state index is 13.8. The van der Waals surface area contributed by atoms with Crippen LogP contribution in [-0.4, -0.2) is 62.9 Å². The summed E-state index contributed by atoms with van der Waals surface area (Å²) in [5.74, 6) is -0.106. The molecule has 0 unspecified atom stereocenters. The number of ether oxygens (including phenoxy) is 2. The summed E-state index contributed by atoms with van der Waals surface area (Å²) in [5.41, 5.74) is 0.202. The van der Waals surface area contributed by atoms with Crippen molar-refractivity contribution in [2.24, 2.45) is 5.92 Å². The van der Waals surface area contributed by atoms with Gasteiger partial charge in [-0.25, -0.2) is 4.39 Å². The minimum Gasteiger partial charge on any atom is -0.494 e. The molecule has 1 aromatic rings. The summed E-state index contributed by atoms with van der Waals surface area (Å²) in [7, 11) is 1.36. The van der Waals surface area contributed by atoms with Crippen molar-refractivity contribution < 1.29 is 18.8 Å². The largest absolute Gasteiger partial charge is 0.494 e. The van der Waals surface area contributed by atoms with E-state index in [9.17, 15) is 14.5 Å². The topological polar surface area (TPSA) is 68.1 Å². The second kappa shape index (κ2) is 7.31. The molecule has 24 heavy (non-hydrogen) atoms. The van der Waals surface area contributed by atoms with Gasteiger partial charge in [0, 0.05) is 45.4 Å². The van der Waals surface area contributed by atoms with Crippen LogP contribution in [0.1, 0.15) is 6.42 Å². The number of piperazine rings is 1. The zero-order valence-corrected chi connectivity index (χ0v) is 13.7. The van der Waals surface area contributed by atoms with Gasteiger partial charge in [0.15, 0.2) is 11.6 Å². The van der Waals surface area contributed by atoms with Crippen LogP contribution in [0.25, 0.3) is 0 Å². The van der Waals surface area contributed by atoms with Crippen LogP contribution in [0.4, 0.5) is 15.8 Å². The minimum atomic E-state index is -0.715. The lowest BCUT2D eigenvalue weighted by Crippen LogP contribution is -2.48. The van der Waals surface area contributed by atoms with Crippen molar-refractivity contribution in [3.8, 4) is 5.75 Å². The third-order valence-corrected chi connectivity index (χ3v) is 4.70. The molecule has 0 bridgehead atoms. The Labute approximate surface area is 140 Å². The standard InChI is InChI=1S/C16H22FN3O4/c1-23-16-9-14(15(20(21)22)8-13(16)17)19-5-3-18(4-6-19)10-12-2-7-24-11-12/h8-9,12H,2-7,10-11H2,1H3/t12-/m0/s1. The third-order valence-electron chi connectivity index (χ3n) is 4.70. The van der Waals surface area contributed by atoms with Crippen molar-refractivity contribution in [3.05, 3.63) is 28.1 Å². The Bertz CT molecular complexity index is 599. The molecular weight excluding hydrogens is 317 g/mol. The van der Waals surface area contributed by atoms with Gasteiger partial charge in [-0.05, 0) is 12.3 Å². The summed E-state index contributed by atoms with van der Waals surface area (Å²) < 4.78 is 24.2. The Morgan fingerprint density at radius 1 is 1.38 bits per heavy atom. The fourth-order valence-corrected chi connectivity index (χ4v) is 3.35. The van der Waals surface area contributed by atoms with Crippen molar-refractivity contribution in [1.82, 2.24) is 4.90 Å². The predicted octanol–water partition coefficient (Wildman–Crippen LogP) is 1.90. The van der Waals surface area contributed by atoms with Crippen LogP contribution in [0.2, 0.25) is 0 Å². The van der Waals surface area contributed by atoms with Gasteiger partial charge in [0.05, 0.1) is 24.7 Å². The summed E-state index contributed by atoms with van der Waals surface area (Å²) in [6, 6.07) is 2.37. The van der Waals surface area contributed by atoms with Gasteiger partial charge in [-0.3, -0.25) is 15.0 Å². The summed E-state index contributed by atoms with van der Waals surface area (Å²) in [4.78, 5) is 15.0. The predicted molar refractivity (Wildman–Crippen MR) is 87.2 cm³/mol. The SMILES string of the molecule is COc1cc(N2CCN(C[C@@H]3CCOC3)CC2)c([N+](=O)[O-])cc1F. The molecule has 3 rings (SSSR count). The van der Waals surface area contributed by atoms with Gasteiger partial charge < -0.3 is 14.4 Å². The Balaban J connectivity index is 1.69. The van der Waals surface area contributed by atoms with E-state index < -0.39 is 10.7 Å². The molecule has 0 spiro atoms. The summed E-state index contributed by atoms with van der Waals surface area (Å²) in [6.45, 7) is 5.66. The molecule has 0 radical (unpaired) electrons. The Hall–Kier alpha value is -1.93. The number of hydrogen-bond donors (Lipinski definition) is 0. The molecule has 2 aliphatic heterocycles. The van der Waals surface area contributed by atoms with Crippen LogP contribution in [0.15, 0.2) is 12.1 Å². The average molecular weight is 339 g/mol. The first kappa shape index (κ1) is 16.9. The third kappa shape index (κ3) is 3.59. The normalized spacial score (nSPS) is 21.9. The molecule has 0 N–H and O–H groups in total. The van der Waals surface area contributed by atoms with E-state index in [1.165, 1.54) is 13.2 Å². The number of benzene rings is 1. The van der Waals surface area contributed by atoms with Crippen molar-refractivity contribution in [1.29, 1.82) is 0 Å². The van der Waals surface area contributed by atoms with Crippen LogP contribution in [0.5, 0.6) is 5.75 Å². The second-order valence-corrected chi connectivity index (χ2v) is 6.25. The number of nitrogens with zero attached hydrogens (tertiary/aromatic N) is 3. The van der Waals surface area contributed by atoms with E-state index in [0.717, 1.165) is 45.3 Å². The fourth-order valence-electron chi connectivity index (χ4n) is 3.35. The lowest BCUT2D eigenvalue weighted by molar-refractivity contribution is -0.384. The first-order chi connectivity index (χ1) is 11.6. The van der Waals surface area contributed by atoms with Crippen LogP contribution < -0.4 is 9.64 Å². The van der Waals surface area contributed by atoms with E-state index >= 15 is 0 Å². The zero-order chi connectivity index (χ0) is 17.1. The number of methoxy groups -OCH3 is 1. The average Bonchev–Trinajstić information content (AvgIpc) is 3.08. The summed E-state index contributed by atoms with van der Waals surface area (Å²) in [6.07, 6.45) is 1.10. The van der Waals surface area contributed by atoms with Gasteiger partial charge in [0.1, 0.15) is 5.69 Å². The van der Waals surface area contributed by atoms with E-state index in [0.29, 0.717) is 24.7 Å². The van der Waals surface area contributed by atoms with Crippen LogP contribution >= 0.6 is 0 Å². The minimum absolute atomic E-state index is 0.0288. The van der Waals surface area contributed by atoms with Gasteiger partial charge in [0.25, 0.3) is 5.69 Å².